The highest BCUT2D eigenvalue weighted by Crippen LogP contribution is 2.09. The molecule has 0 unspecified atom stereocenters. The largest absolute Gasteiger partial charge is 0.409 e. The molecule has 0 saturated heterocycles. The van der Waals surface area contributed by atoms with Crippen LogP contribution in [0.25, 0.3) is 0 Å². The predicted octanol–water partition coefficient (Wildman–Crippen LogP) is 1.50. The van der Waals surface area contributed by atoms with Gasteiger partial charge in [-0.25, -0.2) is 0 Å². The standard InChI is InChI=1S/C14H22N4O2/c1-2-3-9-16-10-8-13(19)17-12-6-4-11(5-7-12)14(15)18-20/h4-7,16,20H,2-3,8-10H2,1H3,(H2,15,18)(H,17,19). The van der Waals surface area contributed by atoms with Gasteiger partial charge in [-0.3, -0.25) is 4.79 Å². The van der Waals surface area contributed by atoms with Gasteiger partial charge in [-0.15, -0.1) is 0 Å². The minimum Gasteiger partial charge on any atom is -0.409 e. The molecule has 5 N–H and O–H groups in total. The van der Waals surface area contributed by atoms with Crippen molar-refractivity contribution in [2.24, 2.45) is 10.9 Å². The number of nitrogens with zero attached hydrogens (tertiary/aromatic N) is 1. The van der Waals surface area contributed by atoms with Crippen LogP contribution in [0.4, 0.5) is 5.69 Å². The van der Waals surface area contributed by atoms with E-state index in [1.54, 1.807) is 24.3 Å². The summed E-state index contributed by atoms with van der Waals surface area (Å²) >= 11 is 0. The van der Waals surface area contributed by atoms with E-state index in [-0.39, 0.29) is 11.7 Å². The van der Waals surface area contributed by atoms with Gasteiger partial charge < -0.3 is 21.6 Å². The van der Waals surface area contributed by atoms with Gasteiger partial charge in [0.15, 0.2) is 5.84 Å². The van der Waals surface area contributed by atoms with Gasteiger partial charge in [-0.05, 0) is 37.2 Å². The number of unbranched alkanes of at least 4 members (excludes halogenated alkanes) is 1. The van der Waals surface area contributed by atoms with Crippen molar-refractivity contribution in [2.75, 3.05) is 18.4 Å². The molecular formula is C14H22N4O2. The van der Waals surface area contributed by atoms with Crippen LogP contribution in [-0.4, -0.2) is 30.0 Å². The lowest BCUT2D eigenvalue weighted by atomic mass is 10.2. The van der Waals surface area contributed by atoms with Gasteiger partial charge in [0.1, 0.15) is 0 Å². The molecule has 1 aromatic rings. The molecule has 0 bridgehead atoms. The minimum absolute atomic E-state index is 0.0365. The van der Waals surface area contributed by atoms with Crippen molar-refractivity contribution in [3.05, 3.63) is 29.8 Å². The fourth-order valence-corrected chi connectivity index (χ4v) is 1.63. The summed E-state index contributed by atoms with van der Waals surface area (Å²) < 4.78 is 0. The SMILES string of the molecule is CCCCNCCC(=O)Nc1ccc(/C(N)=N/O)cc1. The Morgan fingerprint density at radius 3 is 2.60 bits per heavy atom. The summed E-state index contributed by atoms with van der Waals surface area (Å²) in [6.07, 6.45) is 2.70. The highest BCUT2D eigenvalue weighted by molar-refractivity contribution is 5.98. The van der Waals surface area contributed by atoms with Crippen molar-refractivity contribution in [3.63, 3.8) is 0 Å². The topological polar surface area (TPSA) is 99.7 Å². The van der Waals surface area contributed by atoms with Gasteiger partial charge in [0.25, 0.3) is 0 Å². The van der Waals surface area contributed by atoms with Crippen molar-refractivity contribution >= 4 is 17.4 Å². The highest BCUT2D eigenvalue weighted by atomic mass is 16.4. The van der Waals surface area contributed by atoms with E-state index < -0.39 is 0 Å². The average Bonchev–Trinajstić information content (AvgIpc) is 2.47. The van der Waals surface area contributed by atoms with E-state index in [0.29, 0.717) is 24.2 Å². The maximum absolute atomic E-state index is 11.7. The van der Waals surface area contributed by atoms with Gasteiger partial charge in [-0.1, -0.05) is 18.5 Å². The van der Waals surface area contributed by atoms with Crippen molar-refractivity contribution in [1.29, 1.82) is 0 Å². The van der Waals surface area contributed by atoms with Crippen LogP contribution in [-0.2, 0) is 4.79 Å². The van der Waals surface area contributed by atoms with Crippen LogP contribution in [0.5, 0.6) is 0 Å². The first-order valence-corrected chi connectivity index (χ1v) is 6.76. The van der Waals surface area contributed by atoms with E-state index in [1.807, 2.05) is 0 Å². The lowest BCUT2D eigenvalue weighted by Crippen LogP contribution is -2.22. The number of oxime groups is 1. The number of anilines is 1. The Bertz CT molecular complexity index is 443. The van der Waals surface area contributed by atoms with Gasteiger partial charge in [-0.2, -0.15) is 0 Å². The molecule has 6 nitrogen and oxygen atoms in total. The number of benzene rings is 1. The van der Waals surface area contributed by atoms with Crippen LogP contribution in [0.3, 0.4) is 0 Å². The number of amidine groups is 1. The zero-order valence-electron chi connectivity index (χ0n) is 11.7. The third-order valence-electron chi connectivity index (χ3n) is 2.81. The molecule has 0 aliphatic heterocycles. The summed E-state index contributed by atoms with van der Waals surface area (Å²) in [6.45, 7) is 3.75. The number of amides is 1. The third-order valence-corrected chi connectivity index (χ3v) is 2.81. The van der Waals surface area contributed by atoms with Crippen LogP contribution >= 0.6 is 0 Å². The molecular weight excluding hydrogens is 256 g/mol. The van der Waals surface area contributed by atoms with E-state index >= 15 is 0 Å². The molecule has 0 radical (unpaired) electrons. The number of carbonyl (C=O) groups is 1. The molecule has 0 atom stereocenters. The predicted molar refractivity (Wildman–Crippen MR) is 80.0 cm³/mol. The van der Waals surface area contributed by atoms with Crippen molar-refractivity contribution in [3.8, 4) is 0 Å². The molecule has 1 amide bonds. The lowest BCUT2D eigenvalue weighted by Gasteiger charge is -2.07. The quantitative estimate of drug-likeness (QED) is 0.190. The van der Waals surface area contributed by atoms with Crippen LogP contribution < -0.4 is 16.4 Å². The zero-order valence-corrected chi connectivity index (χ0v) is 11.7. The maximum Gasteiger partial charge on any atom is 0.225 e. The maximum atomic E-state index is 11.7. The molecule has 0 saturated carbocycles. The van der Waals surface area contributed by atoms with E-state index in [1.165, 1.54) is 0 Å². The fourth-order valence-electron chi connectivity index (χ4n) is 1.63. The molecule has 0 aliphatic rings. The van der Waals surface area contributed by atoms with E-state index in [9.17, 15) is 4.79 Å². The third kappa shape index (κ3) is 5.71. The van der Waals surface area contributed by atoms with Crippen molar-refractivity contribution < 1.29 is 10.0 Å². The van der Waals surface area contributed by atoms with Gasteiger partial charge >= 0.3 is 0 Å². The number of nitrogens with two attached hydrogens (primary N) is 1. The van der Waals surface area contributed by atoms with Gasteiger partial charge in [0, 0.05) is 24.2 Å². The fraction of sp³-hybridized carbons (Fsp3) is 0.429. The number of hydrogen-bond donors (Lipinski definition) is 4. The lowest BCUT2D eigenvalue weighted by molar-refractivity contribution is -0.116. The van der Waals surface area contributed by atoms with E-state index in [4.69, 9.17) is 10.9 Å². The Morgan fingerprint density at radius 2 is 2.00 bits per heavy atom. The number of carbonyl (C=O) groups excluding carboxylic acids is 1. The first-order chi connectivity index (χ1) is 9.67. The van der Waals surface area contributed by atoms with Crippen LogP contribution in [0.2, 0.25) is 0 Å². The second kappa shape index (κ2) is 8.92. The van der Waals surface area contributed by atoms with Crippen molar-refractivity contribution in [1.82, 2.24) is 5.32 Å². The van der Waals surface area contributed by atoms with Crippen LogP contribution in [0.15, 0.2) is 29.4 Å². The normalized spacial score (nSPS) is 11.3. The number of rotatable bonds is 8. The van der Waals surface area contributed by atoms with Crippen molar-refractivity contribution in [2.45, 2.75) is 26.2 Å². The zero-order chi connectivity index (χ0) is 14.8. The number of nitrogens with one attached hydrogen (secondary N) is 2. The summed E-state index contributed by atoms with van der Waals surface area (Å²) in [5.74, 6) is 0.00791. The Balaban J connectivity index is 2.35. The van der Waals surface area contributed by atoms with Crippen LogP contribution in [0, 0.1) is 0 Å². The number of hydrogen-bond acceptors (Lipinski definition) is 4. The Kier molecular flexibility index (Phi) is 7.13. The highest BCUT2D eigenvalue weighted by Gasteiger charge is 2.03. The average molecular weight is 278 g/mol. The summed E-state index contributed by atoms with van der Waals surface area (Å²) in [5.41, 5.74) is 6.75. The molecule has 110 valence electrons. The molecule has 1 rings (SSSR count). The molecule has 6 heteroatoms. The summed E-state index contributed by atoms with van der Waals surface area (Å²) in [6, 6.07) is 6.81. The van der Waals surface area contributed by atoms with E-state index in [0.717, 1.165) is 19.4 Å². The first-order valence-electron chi connectivity index (χ1n) is 6.76. The molecule has 0 aromatic heterocycles. The van der Waals surface area contributed by atoms with Gasteiger partial charge in [0.2, 0.25) is 5.91 Å². The Labute approximate surface area is 119 Å². The van der Waals surface area contributed by atoms with Gasteiger partial charge in [0.05, 0.1) is 0 Å². The smallest absolute Gasteiger partial charge is 0.225 e. The molecule has 0 fully saturated rings. The van der Waals surface area contributed by atoms with E-state index in [2.05, 4.69) is 22.7 Å². The second-order valence-corrected chi connectivity index (χ2v) is 4.46. The second-order valence-electron chi connectivity index (χ2n) is 4.46. The first kappa shape index (κ1) is 16.0. The molecule has 0 heterocycles. The summed E-state index contributed by atoms with van der Waals surface area (Å²) in [5, 5.41) is 17.5. The van der Waals surface area contributed by atoms with Crippen LogP contribution in [0.1, 0.15) is 31.7 Å². The Hall–Kier alpha value is -2.08. The monoisotopic (exact) mass is 278 g/mol. The summed E-state index contributed by atoms with van der Waals surface area (Å²) in [4.78, 5) is 11.7. The molecule has 0 spiro atoms. The minimum atomic E-state index is -0.0365. The molecule has 1 aromatic carbocycles. The molecule has 0 aliphatic carbocycles. The summed E-state index contributed by atoms with van der Waals surface area (Å²) in [7, 11) is 0. The molecule has 20 heavy (non-hydrogen) atoms. The Morgan fingerprint density at radius 1 is 1.30 bits per heavy atom.